The fourth-order valence-electron chi connectivity index (χ4n) is 3.49. The van der Waals surface area contributed by atoms with Crippen LogP contribution >= 0.6 is 0 Å². The number of aliphatic hydroxyl groups excluding tert-OH is 6. The van der Waals surface area contributed by atoms with Crippen molar-refractivity contribution in [1.82, 2.24) is 0 Å². The third-order valence-electron chi connectivity index (χ3n) is 5.39. The van der Waals surface area contributed by atoms with Crippen LogP contribution in [0.5, 0.6) is 0 Å². The minimum absolute atomic E-state index is 0.721. The summed E-state index contributed by atoms with van der Waals surface area (Å²) in [7, 11) is 1.16. The Morgan fingerprint density at radius 2 is 1.86 bits per heavy atom. The summed E-state index contributed by atoms with van der Waals surface area (Å²) >= 11 is 0. The average molecular weight is 428 g/mol. The molecule has 2 rings (SSSR count). The number of carboxylic acid groups (broad SMARTS) is 1. The van der Waals surface area contributed by atoms with Gasteiger partial charge in [-0.3, -0.25) is 0 Å². The molecule has 13 heteroatoms. The molecule has 8 N–H and O–H groups in total. The minimum Gasteiger partial charge on any atom is -0.477 e. The van der Waals surface area contributed by atoms with E-state index in [1.54, 1.807) is 0 Å². The number of carboxylic acids is 1. The summed E-state index contributed by atoms with van der Waals surface area (Å²) < 4.78 is 20.6. The standard InChI is InChI=1S/C16H28O13/c1-6-7(19)3-15(14(23)24,29-16(6,25)9(20)5-18)28-12-10(21)8(4-17)27-13(26-2)11(12)22/h6-13,17-22,25H,3-5H2,1-2H3,(H,23,24)/t6-,7-,8?,9-,10+,11?,12+,13-,15-,16+/m1/s1. The Hall–Kier alpha value is -0.970. The van der Waals surface area contributed by atoms with E-state index in [2.05, 4.69) is 0 Å². The maximum absolute atomic E-state index is 12.0. The van der Waals surface area contributed by atoms with Gasteiger partial charge in [-0.05, 0) is 0 Å². The van der Waals surface area contributed by atoms with Gasteiger partial charge in [0.2, 0.25) is 5.79 Å². The summed E-state index contributed by atoms with van der Waals surface area (Å²) in [5.74, 6) is -8.64. The van der Waals surface area contributed by atoms with Crippen LogP contribution < -0.4 is 0 Å². The molecule has 170 valence electrons. The van der Waals surface area contributed by atoms with Gasteiger partial charge in [0.1, 0.15) is 30.5 Å². The number of methoxy groups -OCH3 is 1. The van der Waals surface area contributed by atoms with Crippen LogP contribution in [0.1, 0.15) is 13.3 Å². The number of aliphatic carboxylic acids is 1. The number of hydrogen-bond donors (Lipinski definition) is 8. The highest BCUT2D eigenvalue weighted by atomic mass is 16.8. The third-order valence-corrected chi connectivity index (χ3v) is 5.39. The van der Waals surface area contributed by atoms with Crippen LogP contribution in [0.15, 0.2) is 0 Å². The van der Waals surface area contributed by atoms with Crippen LogP contribution in [0.2, 0.25) is 0 Å². The van der Waals surface area contributed by atoms with Gasteiger partial charge >= 0.3 is 5.97 Å². The summed E-state index contributed by atoms with van der Waals surface area (Å²) in [6.07, 6.45) is -12.3. The molecule has 0 aromatic rings. The van der Waals surface area contributed by atoms with Crippen molar-refractivity contribution in [3.63, 3.8) is 0 Å². The lowest BCUT2D eigenvalue weighted by molar-refractivity contribution is -0.431. The Balaban J connectivity index is 2.42. The van der Waals surface area contributed by atoms with Crippen LogP contribution in [-0.4, -0.2) is 122 Å². The highest BCUT2D eigenvalue weighted by Crippen LogP contribution is 2.43. The first-order chi connectivity index (χ1) is 13.5. The van der Waals surface area contributed by atoms with Crippen molar-refractivity contribution in [2.24, 2.45) is 5.92 Å². The molecule has 0 aliphatic carbocycles. The second-order valence-corrected chi connectivity index (χ2v) is 7.20. The van der Waals surface area contributed by atoms with Crippen LogP contribution in [-0.2, 0) is 23.7 Å². The Morgan fingerprint density at radius 3 is 2.34 bits per heavy atom. The van der Waals surface area contributed by atoms with Gasteiger partial charge in [-0.2, -0.15) is 0 Å². The molecule has 2 saturated heterocycles. The molecule has 10 atom stereocenters. The molecule has 13 nitrogen and oxygen atoms in total. The van der Waals surface area contributed by atoms with E-state index < -0.39 is 86.0 Å². The van der Waals surface area contributed by atoms with E-state index in [1.807, 2.05) is 0 Å². The van der Waals surface area contributed by atoms with E-state index in [9.17, 15) is 45.6 Å². The molecule has 2 heterocycles. The van der Waals surface area contributed by atoms with Crippen LogP contribution in [0.4, 0.5) is 0 Å². The summed E-state index contributed by atoms with van der Waals surface area (Å²) in [6.45, 7) is -0.484. The maximum Gasteiger partial charge on any atom is 0.364 e. The molecule has 29 heavy (non-hydrogen) atoms. The monoisotopic (exact) mass is 428 g/mol. The van der Waals surface area contributed by atoms with Crippen molar-refractivity contribution in [2.75, 3.05) is 20.3 Å². The average Bonchev–Trinajstić information content (AvgIpc) is 2.68. The molecule has 0 amide bonds. The van der Waals surface area contributed by atoms with E-state index >= 15 is 0 Å². The second-order valence-electron chi connectivity index (χ2n) is 7.20. The molecular weight excluding hydrogens is 400 g/mol. The van der Waals surface area contributed by atoms with Gasteiger partial charge in [0.25, 0.3) is 5.79 Å². The van der Waals surface area contributed by atoms with Gasteiger partial charge in [-0.25, -0.2) is 4.79 Å². The second kappa shape index (κ2) is 9.03. The highest BCUT2D eigenvalue weighted by Gasteiger charge is 2.63. The van der Waals surface area contributed by atoms with Crippen molar-refractivity contribution < 1.29 is 64.6 Å². The van der Waals surface area contributed by atoms with Gasteiger partial charge in [-0.1, -0.05) is 6.92 Å². The molecular formula is C16H28O13. The van der Waals surface area contributed by atoms with E-state index in [-0.39, 0.29) is 0 Å². The summed E-state index contributed by atoms with van der Waals surface area (Å²) in [5.41, 5.74) is 0. The first kappa shape index (κ1) is 24.3. The molecule has 0 bridgehead atoms. The van der Waals surface area contributed by atoms with Crippen LogP contribution in [0.25, 0.3) is 0 Å². The largest absolute Gasteiger partial charge is 0.477 e. The van der Waals surface area contributed by atoms with Crippen LogP contribution in [0.3, 0.4) is 0 Å². The zero-order valence-corrected chi connectivity index (χ0v) is 15.9. The zero-order valence-electron chi connectivity index (χ0n) is 15.9. The van der Waals surface area contributed by atoms with Gasteiger partial charge < -0.3 is 59.8 Å². The molecule has 2 unspecified atom stereocenters. The third kappa shape index (κ3) is 4.26. The maximum atomic E-state index is 12.0. The topological polar surface area (TPSA) is 216 Å². The molecule has 2 aliphatic heterocycles. The lowest BCUT2D eigenvalue weighted by atomic mass is 9.83. The van der Waals surface area contributed by atoms with Gasteiger partial charge in [0, 0.05) is 19.4 Å². The van der Waals surface area contributed by atoms with Gasteiger partial charge in [-0.15, -0.1) is 0 Å². The minimum atomic E-state index is -2.83. The van der Waals surface area contributed by atoms with Crippen molar-refractivity contribution >= 4 is 5.97 Å². The SMILES string of the molecule is CO[C@@H]1OC(CO)[C@H](O)[C@H](O[C@]2(C(=O)O)C[C@@H](O)[C@@H](C)[C@@](O)([C@H](O)CO)O2)C1O. The quantitative estimate of drug-likeness (QED) is 0.193. The van der Waals surface area contributed by atoms with Crippen molar-refractivity contribution in [3.8, 4) is 0 Å². The lowest BCUT2D eigenvalue weighted by Gasteiger charge is -2.52. The molecule has 0 aromatic heterocycles. The molecule has 2 aliphatic rings. The van der Waals surface area contributed by atoms with E-state index in [4.69, 9.17) is 18.9 Å². The number of aliphatic hydroxyl groups is 7. The van der Waals surface area contributed by atoms with Gasteiger partial charge in [0.05, 0.1) is 19.3 Å². The summed E-state index contributed by atoms with van der Waals surface area (Å²) in [4.78, 5) is 12.0. The molecule has 0 aromatic carbocycles. The van der Waals surface area contributed by atoms with Crippen molar-refractivity contribution in [1.29, 1.82) is 0 Å². The number of carbonyl (C=O) groups is 1. The highest BCUT2D eigenvalue weighted by molar-refractivity contribution is 5.76. The normalized spacial score (nSPS) is 47.0. The predicted octanol–water partition coefficient (Wildman–Crippen LogP) is -4.30. The van der Waals surface area contributed by atoms with E-state index in [0.717, 1.165) is 7.11 Å². The Morgan fingerprint density at radius 1 is 1.24 bits per heavy atom. The summed E-state index contributed by atoms with van der Waals surface area (Å²) in [5, 5.41) is 80.0. The number of rotatable bonds is 7. The fourth-order valence-corrected chi connectivity index (χ4v) is 3.49. The van der Waals surface area contributed by atoms with Gasteiger partial charge in [0.15, 0.2) is 6.29 Å². The van der Waals surface area contributed by atoms with Crippen LogP contribution in [0, 0.1) is 5.92 Å². The van der Waals surface area contributed by atoms with Crippen molar-refractivity contribution in [3.05, 3.63) is 0 Å². The first-order valence-corrected chi connectivity index (χ1v) is 8.93. The first-order valence-electron chi connectivity index (χ1n) is 8.93. The lowest BCUT2D eigenvalue weighted by Crippen LogP contribution is -2.70. The zero-order chi connectivity index (χ0) is 22.1. The Kier molecular flexibility index (Phi) is 7.57. The smallest absolute Gasteiger partial charge is 0.364 e. The summed E-state index contributed by atoms with van der Waals surface area (Å²) in [6, 6.07) is 0. The Bertz CT molecular complexity index is 559. The molecule has 0 spiro atoms. The fraction of sp³-hybridized carbons (Fsp3) is 0.938. The number of hydrogen-bond acceptors (Lipinski definition) is 12. The predicted molar refractivity (Wildman–Crippen MR) is 88.9 cm³/mol. The number of ether oxygens (including phenoxy) is 4. The van der Waals surface area contributed by atoms with E-state index in [1.165, 1.54) is 6.92 Å². The molecule has 0 saturated carbocycles. The van der Waals surface area contributed by atoms with Crippen molar-refractivity contribution in [2.45, 2.75) is 67.8 Å². The Labute approximate surface area is 165 Å². The molecule has 2 fully saturated rings. The molecule has 0 radical (unpaired) electrons. The van der Waals surface area contributed by atoms with E-state index in [0.29, 0.717) is 0 Å².